The summed E-state index contributed by atoms with van der Waals surface area (Å²) in [5, 5.41) is 0. The first kappa shape index (κ1) is 20.1. The van der Waals surface area contributed by atoms with Crippen LogP contribution in [-0.2, 0) is 11.3 Å². The first-order valence-corrected chi connectivity index (χ1v) is 8.98. The summed E-state index contributed by atoms with van der Waals surface area (Å²) in [7, 11) is 0. The average molecular weight is 370 g/mol. The van der Waals surface area contributed by atoms with E-state index in [4.69, 9.17) is 5.73 Å². The maximum Gasteiger partial charge on any atom is 0.239 e. The smallest absolute Gasteiger partial charge is 0.239 e. The minimum absolute atomic E-state index is 0. The quantitative estimate of drug-likeness (QED) is 0.887. The van der Waals surface area contributed by atoms with Crippen LogP contribution >= 0.6 is 12.4 Å². The molecule has 2 atom stereocenters. The van der Waals surface area contributed by atoms with Gasteiger partial charge in [0, 0.05) is 19.6 Å². The number of piperidine rings is 1. The molecular weight excluding hydrogens is 341 g/mol. The van der Waals surface area contributed by atoms with Crippen LogP contribution in [0.1, 0.15) is 38.2 Å². The van der Waals surface area contributed by atoms with Crippen LogP contribution in [0.2, 0.25) is 0 Å². The maximum absolute atomic E-state index is 13.1. The van der Waals surface area contributed by atoms with Crippen LogP contribution in [0.25, 0.3) is 0 Å². The molecule has 0 spiro atoms. The summed E-state index contributed by atoms with van der Waals surface area (Å²) in [4.78, 5) is 17.3. The number of hydrogen-bond donors (Lipinski definition) is 1. The molecule has 0 aliphatic carbocycles. The molecule has 140 valence electrons. The third kappa shape index (κ3) is 4.72. The Morgan fingerprint density at radius 3 is 2.64 bits per heavy atom. The van der Waals surface area contributed by atoms with Gasteiger partial charge in [0.1, 0.15) is 5.82 Å². The predicted molar refractivity (Wildman–Crippen MR) is 100 cm³/mol. The zero-order chi connectivity index (χ0) is 17.2. The van der Waals surface area contributed by atoms with Crippen molar-refractivity contribution in [2.75, 3.05) is 26.2 Å². The molecule has 3 rings (SSSR count). The first-order valence-electron chi connectivity index (χ1n) is 8.98. The molecule has 1 amide bonds. The van der Waals surface area contributed by atoms with Crippen LogP contribution < -0.4 is 5.73 Å². The van der Waals surface area contributed by atoms with Gasteiger partial charge in [-0.15, -0.1) is 12.4 Å². The number of nitrogens with zero attached hydrogens (tertiary/aromatic N) is 2. The second-order valence-electron chi connectivity index (χ2n) is 7.63. The van der Waals surface area contributed by atoms with Gasteiger partial charge in [0.05, 0.1) is 6.04 Å². The zero-order valence-electron chi connectivity index (χ0n) is 14.9. The normalized spacial score (nSPS) is 27.2. The fourth-order valence-electron chi connectivity index (χ4n) is 3.87. The average Bonchev–Trinajstić information content (AvgIpc) is 3.00. The Bertz CT molecular complexity index is 583. The van der Waals surface area contributed by atoms with E-state index in [9.17, 15) is 9.18 Å². The molecule has 2 saturated heterocycles. The lowest BCUT2D eigenvalue weighted by Crippen LogP contribution is -2.50. The van der Waals surface area contributed by atoms with Crippen molar-refractivity contribution in [1.82, 2.24) is 9.80 Å². The van der Waals surface area contributed by atoms with Crippen molar-refractivity contribution in [2.24, 2.45) is 11.1 Å². The van der Waals surface area contributed by atoms with Crippen LogP contribution in [0, 0.1) is 11.2 Å². The molecule has 2 aliphatic rings. The highest BCUT2D eigenvalue weighted by atomic mass is 35.5. The predicted octanol–water partition coefficient (Wildman–Crippen LogP) is 2.80. The molecule has 25 heavy (non-hydrogen) atoms. The van der Waals surface area contributed by atoms with Crippen LogP contribution in [0.3, 0.4) is 0 Å². The minimum atomic E-state index is -0.219. The molecule has 2 unspecified atom stereocenters. The van der Waals surface area contributed by atoms with E-state index in [1.807, 2.05) is 17.0 Å². The molecule has 0 radical (unpaired) electrons. The van der Waals surface area contributed by atoms with E-state index < -0.39 is 0 Å². The second-order valence-corrected chi connectivity index (χ2v) is 7.63. The van der Waals surface area contributed by atoms with E-state index in [1.54, 1.807) is 0 Å². The van der Waals surface area contributed by atoms with E-state index in [2.05, 4.69) is 11.8 Å². The molecule has 0 bridgehead atoms. The Morgan fingerprint density at radius 2 is 2.00 bits per heavy atom. The molecule has 1 aromatic carbocycles. The summed E-state index contributed by atoms with van der Waals surface area (Å²) in [6, 6.07) is 6.55. The van der Waals surface area contributed by atoms with Crippen molar-refractivity contribution >= 4 is 18.3 Å². The lowest BCUT2D eigenvalue weighted by atomic mass is 9.90. The van der Waals surface area contributed by atoms with Gasteiger partial charge < -0.3 is 10.6 Å². The zero-order valence-corrected chi connectivity index (χ0v) is 15.7. The summed E-state index contributed by atoms with van der Waals surface area (Å²) in [5.74, 6) is 0.0251. The third-order valence-electron chi connectivity index (χ3n) is 5.56. The molecule has 4 nitrogen and oxygen atoms in total. The number of halogens is 2. The van der Waals surface area contributed by atoms with Crippen molar-refractivity contribution in [3.8, 4) is 0 Å². The summed E-state index contributed by atoms with van der Waals surface area (Å²) >= 11 is 0. The molecule has 2 heterocycles. The van der Waals surface area contributed by atoms with Crippen LogP contribution in [0.4, 0.5) is 4.39 Å². The number of carbonyl (C=O) groups excluding carboxylic acids is 1. The lowest BCUT2D eigenvalue weighted by molar-refractivity contribution is -0.137. The molecule has 2 aliphatic heterocycles. The van der Waals surface area contributed by atoms with Gasteiger partial charge >= 0.3 is 0 Å². The van der Waals surface area contributed by atoms with E-state index in [1.165, 1.54) is 12.1 Å². The van der Waals surface area contributed by atoms with Crippen LogP contribution in [0.5, 0.6) is 0 Å². The number of amides is 1. The minimum Gasteiger partial charge on any atom is -0.341 e. The summed E-state index contributed by atoms with van der Waals surface area (Å²) in [6.07, 6.45) is 4.11. The molecule has 0 saturated carbocycles. The van der Waals surface area contributed by atoms with Gasteiger partial charge in [-0.05, 0) is 55.5 Å². The Kier molecular flexibility index (Phi) is 6.83. The first-order chi connectivity index (χ1) is 11.5. The summed E-state index contributed by atoms with van der Waals surface area (Å²) in [5.41, 5.74) is 6.99. The molecular formula is C19H29ClFN3O. The Labute approximate surface area is 156 Å². The van der Waals surface area contributed by atoms with Gasteiger partial charge in [-0.25, -0.2) is 4.39 Å². The summed E-state index contributed by atoms with van der Waals surface area (Å²) < 4.78 is 13.1. The lowest BCUT2D eigenvalue weighted by Gasteiger charge is -2.37. The van der Waals surface area contributed by atoms with Crippen molar-refractivity contribution in [2.45, 2.75) is 45.2 Å². The second kappa shape index (κ2) is 8.47. The number of hydrogen-bond acceptors (Lipinski definition) is 3. The third-order valence-corrected chi connectivity index (χ3v) is 5.56. The Morgan fingerprint density at radius 1 is 1.28 bits per heavy atom. The number of benzene rings is 1. The standard InChI is InChI=1S/C19H28FN3O.ClH/c1-19(13-21)9-11-23(14-19)18(24)17-4-2-3-10-22(17)12-15-5-7-16(20)8-6-15;/h5-8,17H,2-4,9-14,21H2,1H3;1H. The van der Waals surface area contributed by atoms with Crippen molar-refractivity contribution in [1.29, 1.82) is 0 Å². The van der Waals surface area contributed by atoms with Crippen LogP contribution in [0.15, 0.2) is 24.3 Å². The highest BCUT2D eigenvalue weighted by molar-refractivity contribution is 5.85. The maximum atomic E-state index is 13.1. The Hall–Kier alpha value is -1.17. The number of nitrogens with two attached hydrogens (primary N) is 1. The summed E-state index contributed by atoms with van der Waals surface area (Å²) in [6.45, 7) is 6.00. The highest BCUT2D eigenvalue weighted by Crippen LogP contribution is 2.31. The van der Waals surface area contributed by atoms with Crippen molar-refractivity contribution < 1.29 is 9.18 Å². The van der Waals surface area contributed by atoms with Crippen molar-refractivity contribution in [3.05, 3.63) is 35.6 Å². The SMILES string of the molecule is CC1(CN)CCN(C(=O)C2CCCCN2Cc2ccc(F)cc2)C1.Cl. The van der Waals surface area contributed by atoms with E-state index >= 15 is 0 Å². The molecule has 0 aromatic heterocycles. The topological polar surface area (TPSA) is 49.6 Å². The van der Waals surface area contributed by atoms with E-state index in [-0.39, 0.29) is 35.6 Å². The van der Waals surface area contributed by atoms with Gasteiger partial charge in [-0.2, -0.15) is 0 Å². The van der Waals surface area contributed by atoms with E-state index in [0.717, 1.165) is 50.9 Å². The molecule has 2 fully saturated rings. The fraction of sp³-hybridized carbons (Fsp3) is 0.632. The monoisotopic (exact) mass is 369 g/mol. The fourth-order valence-corrected chi connectivity index (χ4v) is 3.87. The van der Waals surface area contributed by atoms with Gasteiger partial charge in [-0.1, -0.05) is 25.5 Å². The number of carbonyl (C=O) groups is 1. The molecule has 1 aromatic rings. The van der Waals surface area contributed by atoms with E-state index in [0.29, 0.717) is 13.1 Å². The number of likely N-dealkylation sites (tertiary alicyclic amines) is 2. The van der Waals surface area contributed by atoms with Gasteiger partial charge in [0.15, 0.2) is 0 Å². The molecule has 2 N–H and O–H groups in total. The van der Waals surface area contributed by atoms with Crippen molar-refractivity contribution in [3.63, 3.8) is 0 Å². The largest absolute Gasteiger partial charge is 0.341 e. The Balaban J connectivity index is 0.00000225. The van der Waals surface area contributed by atoms with Crippen LogP contribution in [-0.4, -0.2) is 47.9 Å². The van der Waals surface area contributed by atoms with Gasteiger partial charge in [-0.3, -0.25) is 9.69 Å². The van der Waals surface area contributed by atoms with Gasteiger partial charge in [0.2, 0.25) is 5.91 Å². The molecule has 6 heteroatoms. The highest BCUT2D eigenvalue weighted by Gasteiger charge is 2.39. The number of rotatable bonds is 4. The van der Waals surface area contributed by atoms with Gasteiger partial charge in [0.25, 0.3) is 0 Å².